The third-order valence-electron chi connectivity index (χ3n) is 1.82. The van der Waals surface area contributed by atoms with Crippen molar-refractivity contribution in [1.82, 2.24) is 0 Å². The maximum atomic E-state index is 10.7. The molecule has 0 unspecified atom stereocenters. The predicted octanol–water partition coefficient (Wildman–Crippen LogP) is 5.13. The highest BCUT2D eigenvalue weighted by atomic mass is 16.5. The molecule has 0 saturated heterocycles. The van der Waals surface area contributed by atoms with Crippen LogP contribution >= 0.6 is 0 Å². The predicted molar refractivity (Wildman–Crippen MR) is 85.9 cm³/mol. The molecule has 0 aromatic rings. The lowest BCUT2D eigenvalue weighted by Gasteiger charge is -2.01. The number of allylic oxidation sites excluding steroid dienone is 2. The second-order valence-electron chi connectivity index (χ2n) is 4.42. The summed E-state index contributed by atoms with van der Waals surface area (Å²) in [5, 5.41) is 0. The molecule has 2 nitrogen and oxygen atoms in total. The van der Waals surface area contributed by atoms with Gasteiger partial charge in [0.15, 0.2) is 0 Å². The first-order chi connectivity index (χ1) is 8.87. The Hall–Kier alpha value is -1.31. The minimum Gasteiger partial charge on any atom is -0.462 e. The third-order valence-corrected chi connectivity index (χ3v) is 1.82. The summed E-state index contributed by atoms with van der Waals surface area (Å²) in [4.78, 5) is 10.7. The van der Waals surface area contributed by atoms with Gasteiger partial charge in [-0.25, -0.2) is 4.79 Å². The van der Waals surface area contributed by atoms with Crippen molar-refractivity contribution in [3.05, 3.63) is 44.4 Å². The van der Waals surface area contributed by atoms with Crippen LogP contribution in [0.4, 0.5) is 0 Å². The fourth-order valence-electron chi connectivity index (χ4n) is 0.432. The molecule has 0 rings (SSSR count). The monoisotopic (exact) mass is 267 g/mol. The third kappa shape index (κ3) is 31.5. The van der Waals surface area contributed by atoms with Crippen LogP contribution in [0, 0.1) is 12.8 Å². The van der Waals surface area contributed by atoms with E-state index in [1.807, 2.05) is 0 Å². The molecule has 1 radical (unpaired) electrons. The molecule has 0 aliphatic carbocycles. The van der Waals surface area contributed by atoms with E-state index in [0.29, 0.717) is 12.2 Å². The smallest absolute Gasteiger partial charge is 0.333 e. The van der Waals surface area contributed by atoms with Crippen molar-refractivity contribution in [3.63, 3.8) is 0 Å². The zero-order chi connectivity index (χ0) is 15.7. The molecular weight excluding hydrogens is 236 g/mol. The molecule has 111 valence electrons. The van der Waals surface area contributed by atoms with E-state index < -0.39 is 0 Å². The molecule has 0 aromatic heterocycles. The maximum Gasteiger partial charge on any atom is 0.333 e. The van der Waals surface area contributed by atoms with Gasteiger partial charge in [-0.2, -0.15) is 0 Å². The maximum absolute atomic E-state index is 10.7. The normalized spacial score (nSPS) is 8.32. The van der Waals surface area contributed by atoms with E-state index in [1.54, 1.807) is 19.1 Å². The second kappa shape index (κ2) is 19.0. The molecule has 0 saturated carbocycles. The summed E-state index contributed by atoms with van der Waals surface area (Å²) in [5.74, 6) is 0.489. The van der Waals surface area contributed by atoms with E-state index in [0.717, 1.165) is 25.2 Å². The van der Waals surface area contributed by atoms with Crippen LogP contribution < -0.4 is 0 Å². The van der Waals surface area contributed by atoms with Crippen LogP contribution in [0.25, 0.3) is 0 Å². The highest BCUT2D eigenvalue weighted by Crippen LogP contribution is 1.94. The Labute approximate surface area is 120 Å². The standard InChI is InChI=1S/C8H14O2.C5H11.C4H6/c1-4-5-6-10-8(9)7(2)3;1-4-5(2)3;1-3-4-2/h2,4-6H2,1,3H3;5H,1,4H2,2-3H3;3-4H,1-2H2. The van der Waals surface area contributed by atoms with Crippen LogP contribution in [0.1, 0.15) is 47.0 Å². The van der Waals surface area contributed by atoms with Crippen molar-refractivity contribution < 1.29 is 9.53 Å². The summed E-state index contributed by atoms with van der Waals surface area (Å²) in [5.41, 5.74) is 0.469. The molecule has 0 N–H and O–H groups in total. The first kappa shape index (κ1) is 22.8. The Kier molecular flexibility index (Phi) is 22.9. The zero-order valence-corrected chi connectivity index (χ0v) is 13.2. The number of carbonyl (C=O) groups excluding carboxylic acids is 1. The van der Waals surface area contributed by atoms with Gasteiger partial charge in [0.05, 0.1) is 6.61 Å². The van der Waals surface area contributed by atoms with Crippen molar-refractivity contribution in [1.29, 1.82) is 0 Å². The Morgan fingerprint density at radius 2 is 1.68 bits per heavy atom. The van der Waals surface area contributed by atoms with E-state index in [-0.39, 0.29) is 5.97 Å². The zero-order valence-electron chi connectivity index (χ0n) is 13.2. The Morgan fingerprint density at radius 3 is 1.89 bits per heavy atom. The van der Waals surface area contributed by atoms with Crippen molar-refractivity contribution in [3.8, 4) is 0 Å². The van der Waals surface area contributed by atoms with Crippen molar-refractivity contribution in [2.45, 2.75) is 47.0 Å². The first-order valence-corrected chi connectivity index (χ1v) is 6.72. The van der Waals surface area contributed by atoms with Crippen LogP contribution in [0.3, 0.4) is 0 Å². The molecule has 0 aromatic carbocycles. The SMILES string of the molecule is C=C(C)C(=O)OCCCC.C=CC=C.[CH2]CC(C)C. The van der Waals surface area contributed by atoms with Crippen molar-refractivity contribution in [2.24, 2.45) is 5.92 Å². The minimum absolute atomic E-state index is 0.284. The summed E-state index contributed by atoms with van der Waals surface area (Å²) >= 11 is 0. The van der Waals surface area contributed by atoms with Gasteiger partial charge in [0.1, 0.15) is 0 Å². The summed E-state index contributed by atoms with van der Waals surface area (Å²) in [6.45, 7) is 22.4. The van der Waals surface area contributed by atoms with Crippen molar-refractivity contribution in [2.75, 3.05) is 6.61 Å². The molecule has 0 amide bonds. The van der Waals surface area contributed by atoms with Gasteiger partial charge in [0.25, 0.3) is 0 Å². The van der Waals surface area contributed by atoms with E-state index >= 15 is 0 Å². The van der Waals surface area contributed by atoms with Gasteiger partial charge in [0, 0.05) is 5.57 Å². The van der Waals surface area contributed by atoms with Crippen LogP contribution in [0.15, 0.2) is 37.5 Å². The van der Waals surface area contributed by atoms with Crippen LogP contribution in [0.2, 0.25) is 0 Å². The van der Waals surface area contributed by atoms with Gasteiger partial charge < -0.3 is 4.74 Å². The van der Waals surface area contributed by atoms with Crippen molar-refractivity contribution >= 4 is 5.97 Å². The van der Waals surface area contributed by atoms with E-state index in [4.69, 9.17) is 4.74 Å². The summed E-state index contributed by atoms with van der Waals surface area (Å²) in [6, 6.07) is 0. The molecule has 0 fully saturated rings. The lowest BCUT2D eigenvalue weighted by atomic mass is 10.2. The molecule has 2 heteroatoms. The molecule has 19 heavy (non-hydrogen) atoms. The summed E-state index contributed by atoms with van der Waals surface area (Å²) < 4.78 is 4.81. The molecule has 0 aliphatic heterocycles. The van der Waals surface area contributed by atoms with Crippen LogP contribution in [-0.4, -0.2) is 12.6 Å². The number of rotatable bonds is 6. The number of carbonyl (C=O) groups is 1. The Morgan fingerprint density at radius 1 is 1.26 bits per heavy atom. The molecule has 0 spiro atoms. The van der Waals surface area contributed by atoms with Gasteiger partial charge >= 0.3 is 5.97 Å². The number of esters is 1. The Balaban J connectivity index is -0.000000238. The molecule has 0 bridgehead atoms. The Bertz CT molecular complexity index is 234. The molecule has 0 aliphatic rings. The first-order valence-electron chi connectivity index (χ1n) is 6.72. The van der Waals surface area contributed by atoms with Crippen LogP contribution in [0.5, 0.6) is 0 Å². The molecule has 0 atom stereocenters. The molecular formula is C17H31O2. The number of hydrogen-bond acceptors (Lipinski definition) is 2. The average Bonchev–Trinajstić information content (AvgIpc) is 2.39. The summed E-state index contributed by atoms with van der Waals surface area (Å²) in [7, 11) is 0. The molecule has 0 heterocycles. The lowest BCUT2D eigenvalue weighted by Crippen LogP contribution is -2.05. The van der Waals surface area contributed by atoms with Gasteiger partial charge in [-0.05, 0) is 19.3 Å². The van der Waals surface area contributed by atoms with E-state index in [9.17, 15) is 4.79 Å². The number of hydrogen-bond donors (Lipinski definition) is 0. The fraction of sp³-hybridized carbons (Fsp3) is 0.529. The van der Waals surface area contributed by atoms with E-state index in [1.165, 1.54) is 0 Å². The average molecular weight is 267 g/mol. The fourth-order valence-corrected chi connectivity index (χ4v) is 0.432. The second-order valence-corrected chi connectivity index (χ2v) is 4.42. The highest BCUT2D eigenvalue weighted by Gasteiger charge is 2.00. The largest absolute Gasteiger partial charge is 0.462 e. The van der Waals surface area contributed by atoms with E-state index in [2.05, 4.69) is 47.4 Å². The highest BCUT2D eigenvalue weighted by molar-refractivity contribution is 5.86. The number of ether oxygens (including phenoxy) is 1. The quantitative estimate of drug-likeness (QED) is 0.288. The topological polar surface area (TPSA) is 26.3 Å². The van der Waals surface area contributed by atoms with Gasteiger partial charge in [-0.15, -0.1) is 0 Å². The lowest BCUT2D eigenvalue weighted by molar-refractivity contribution is -0.139. The summed E-state index contributed by atoms with van der Waals surface area (Å²) in [6.07, 6.45) is 6.31. The van der Waals surface area contributed by atoms with Crippen LogP contribution in [-0.2, 0) is 9.53 Å². The van der Waals surface area contributed by atoms with Gasteiger partial charge in [0.2, 0.25) is 0 Å². The number of unbranched alkanes of at least 4 members (excludes halogenated alkanes) is 1. The minimum atomic E-state index is -0.284. The van der Waals surface area contributed by atoms with Gasteiger partial charge in [-0.3, -0.25) is 0 Å². The van der Waals surface area contributed by atoms with Gasteiger partial charge in [-0.1, -0.05) is 72.4 Å².